The van der Waals surface area contributed by atoms with Crippen LogP contribution in [0.5, 0.6) is 0 Å². The van der Waals surface area contributed by atoms with E-state index in [0.29, 0.717) is 32.1 Å². The number of aryl methyl sites for hydroxylation is 2. The lowest BCUT2D eigenvalue weighted by atomic mass is 10.1. The number of nitrogens with zero attached hydrogens (tertiary/aromatic N) is 2. The lowest BCUT2D eigenvalue weighted by Gasteiger charge is -2.35. The molecule has 0 radical (unpaired) electrons. The second-order valence-electron chi connectivity index (χ2n) is 6.81. The highest BCUT2D eigenvalue weighted by Gasteiger charge is 2.42. The zero-order valence-electron chi connectivity index (χ0n) is 13.6. The first-order valence-corrected chi connectivity index (χ1v) is 8.12. The van der Waals surface area contributed by atoms with Crippen LogP contribution in [0.3, 0.4) is 0 Å². The van der Waals surface area contributed by atoms with Crippen molar-refractivity contribution in [2.24, 2.45) is 11.8 Å². The molecule has 1 saturated carbocycles. The third kappa shape index (κ3) is 3.01. The normalized spacial score (nSPS) is 24.3. The molecule has 2 atom stereocenters. The molecule has 0 aromatic heterocycles. The van der Waals surface area contributed by atoms with Crippen molar-refractivity contribution in [3.63, 3.8) is 0 Å². The minimum atomic E-state index is 0.0821. The van der Waals surface area contributed by atoms with Gasteiger partial charge in [-0.2, -0.15) is 0 Å². The van der Waals surface area contributed by atoms with E-state index in [4.69, 9.17) is 0 Å². The van der Waals surface area contributed by atoms with Crippen molar-refractivity contribution >= 4 is 11.8 Å². The van der Waals surface area contributed by atoms with Crippen molar-refractivity contribution in [3.8, 4) is 0 Å². The average molecular weight is 300 g/mol. The smallest absolute Gasteiger partial charge is 0.253 e. The fourth-order valence-electron chi connectivity index (χ4n) is 3.31. The molecule has 1 heterocycles. The summed E-state index contributed by atoms with van der Waals surface area (Å²) in [6.07, 6.45) is 1.03. The van der Waals surface area contributed by atoms with Gasteiger partial charge in [0.25, 0.3) is 5.91 Å². The maximum absolute atomic E-state index is 12.6. The van der Waals surface area contributed by atoms with Crippen LogP contribution < -0.4 is 0 Å². The van der Waals surface area contributed by atoms with Crippen molar-refractivity contribution in [2.45, 2.75) is 27.2 Å². The van der Waals surface area contributed by atoms with Crippen LogP contribution in [0.15, 0.2) is 18.2 Å². The Balaban J connectivity index is 1.61. The largest absolute Gasteiger partial charge is 0.339 e. The molecule has 2 amide bonds. The van der Waals surface area contributed by atoms with Gasteiger partial charge in [-0.25, -0.2) is 0 Å². The Hall–Kier alpha value is -1.84. The number of carbonyl (C=O) groups is 2. The van der Waals surface area contributed by atoms with Crippen LogP contribution in [0.1, 0.15) is 34.8 Å². The summed E-state index contributed by atoms with van der Waals surface area (Å²) in [6, 6.07) is 5.96. The van der Waals surface area contributed by atoms with Crippen LogP contribution in [0, 0.1) is 25.7 Å². The highest BCUT2D eigenvalue weighted by Crippen LogP contribution is 2.39. The molecule has 2 fully saturated rings. The second-order valence-corrected chi connectivity index (χ2v) is 6.81. The van der Waals surface area contributed by atoms with Crippen LogP contribution in [-0.2, 0) is 4.79 Å². The highest BCUT2D eigenvalue weighted by atomic mass is 16.2. The summed E-state index contributed by atoms with van der Waals surface area (Å²) >= 11 is 0. The van der Waals surface area contributed by atoms with E-state index in [-0.39, 0.29) is 17.7 Å². The lowest BCUT2D eigenvalue weighted by molar-refractivity contribution is -0.134. The number of carbonyl (C=O) groups excluding carboxylic acids is 2. The summed E-state index contributed by atoms with van der Waals surface area (Å²) in [5.41, 5.74) is 2.98. The summed E-state index contributed by atoms with van der Waals surface area (Å²) in [5.74, 6) is 1.15. The standard InChI is InChI=1S/C18H24N2O2/c1-12-8-13(2)10-15(9-12)17(21)19-4-6-20(7-5-19)18(22)16-11-14(16)3/h8-10,14,16H,4-7,11H2,1-3H3/t14-,16-/m0/s1. The maximum Gasteiger partial charge on any atom is 0.253 e. The third-order valence-corrected chi connectivity index (χ3v) is 4.77. The van der Waals surface area contributed by atoms with Crippen LogP contribution >= 0.6 is 0 Å². The average Bonchev–Trinajstić information content (AvgIpc) is 3.22. The van der Waals surface area contributed by atoms with E-state index in [9.17, 15) is 9.59 Å². The molecule has 0 spiro atoms. The third-order valence-electron chi connectivity index (χ3n) is 4.77. The monoisotopic (exact) mass is 300 g/mol. The van der Waals surface area contributed by atoms with E-state index in [0.717, 1.165) is 23.1 Å². The summed E-state index contributed by atoms with van der Waals surface area (Å²) in [7, 11) is 0. The quantitative estimate of drug-likeness (QED) is 0.840. The molecule has 0 bridgehead atoms. The van der Waals surface area contributed by atoms with Gasteiger partial charge in [0.15, 0.2) is 0 Å². The predicted octanol–water partition coefficient (Wildman–Crippen LogP) is 2.24. The van der Waals surface area contributed by atoms with Gasteiger partial charge >= 0.3 is 0 Å². The molecule has 4 heteroatoms. The SMILES string of the molecule is Cc1cc(C)cc(C(=O)N2CCN(C(=O)[C@H]3C[C@@H]3C)CC2)c1. The van der Waals surface area contributed by atoms with Gasteiger partial charge in [0.05, 0.1) is 0 Å². The molecule has 1 saturated heterocycles. The van der Waals surface area contributed by atoms with E-state index < -0.39 is 0 Å². The molecule has 1 aromatic carbocycles. The van der Waals surface area contributed by atoms with Gasteiger partial charge in [-0.15, -0.1) is 0 Å². The molecule has 118 valence electrons. The zero-order chi connectivity index (χ0) is 15.9. The Labute approximate surface area is 132 Å². The molecule has 0 unspecified atom stereocenters. The van der Waals surface area contributed by atoms with Crippen molar-refractivity contribution in [1.29, 1.82) is 0 Å². The molecule has 2 aliphatic rings. The molecule has 1 aromatic rings. The first kappa shape index (κ1) is 15.1. The number of rotatable bonds is 2. The number of amides is 2. The molecule has 22 heavy (non-hydrogen) atoms. The van der Waals surface area contributed by atoms with E-state index >= 15 is 0 Å². The topological polar surface area (TPSA) is 40.6 Å². The predicted molar refractivity (Wildman–Crippen MR) is 85.7 cm³/mol. The molecule has 3 rings (SSSR count). The lowest BCUT2D eigenvalue weighted by Crippen LogP contribution is -2.51. The van der Waals surface area contributed by atoms with E-state index in [2.05, 4.69) is 13.0 Å². The summed E-state index contributed by atoms with van der Waals surface area (Å²) in [6.45, 7) is 8.76. The van der Waals surface area contributed by atoms with Crippen LogP contribution in [0.25, 0.3) is 0 Å². The van der Waals surface area contributed by atoms with Crippen molar-refractivity contribution in [1.82, 2.24) is 9.80 Å². The van der Waals surface area contributed by atoms with E-state index in [1.807, 2.05) is 35.8 Å². The molecular formula is C18H24N2O2. The summed E-state index contributed by atoms with van der Waals surface area (Å²) < 4.78 is 0. The van der Waals surface area contributed by atoms with Crippen molar-refractivity contribution in [3.05, 3.63) is 34.9 Å². The minimum absolute atomic E-state index is 0.0821. The van der Waals surface area contributed by atoms with Gasteiger partial charge in [-0.05, 0) is 38.3 Å². The first-order valence-electron chi connectivity index (χ1n) is 8.12. The van der Waals surface area contributed by atoms with Crippen LogP contribution in [0.2, 0.25) is 0 Å². The highest BCUT2D eigenvalue weighted by molar-refractivity contribution is 5.95. The number of hydrogen-bond donors (Lipinski definition) is 0. The van der Waals surface area contributed by atoms with Gasteiger partial charge in [-0.1, -0.05) is 24.1 Å². The van der Waals surface area contributed by atoms with Crippen molar-refractivity contribution < 1.29 is 9.59 Å². The van der Waals surface area contributed by atoms with Crippen LogP contribution in [-0.4, -0.2) is 47.8 Å². The Morgan fingerprint density at radius 1 is 0.955 bits per heavy atom. The zero-order valence-corrected chi connectivity index (χ0v) is 13.6. The fraction of sp³-hybridized carbons (Fsp3) is 0.556. The number of piperazine rings is 1. The Bertz CT molecular complexity index is 583. The summed E-state index contributed by atoms with van der Waals surface area (Å²) in [5, 5.41) is 0. The van der Waals surface area contributed by atoms with Crippen LogP contribution in [0.4, 0.5) is 0 Å². The maximum atomic E-state index is 12.6. The summed E-state index contributed by atoms with van der Waals surface area (Å²) in [4.78, 5) is 28.6. The van der Waals surface area contributed by atoms with Gasteiger partial charge in [0, 0.05) is 37.7 Å². The molecule has 4 nitrogen and oxygen atoms in total. The first-order chi connectivity index (χ1) is 10.5. The minimum Gasteiger partial charge on any atom is -0.339 e. The molecule has 0 N–H and O–H groups in total. The Morgan fingerprint density at radius 2 is 1.45 bits per heavy atom. The van der Waals surface area contributed by atoms with Gasteiger partial charge in [-0.3, -0.25) is 9.59 Å². The van der Waals surface area contributed by atoms with E-state index in [1.54, 1.807) is 0 Å². The molecule has 1 aliphatic heterocycles. The van der Waals surface area contributed by atoms with E-state index in [1.165, 1.54) is 0 Å². The van der Waals surface area contributed by atoms with Gasteiger partial charge < -0.3 is 9.80 Å². The fourth-order valence-corrected chi connectivity index (χ4v) is 3.31. The molecular weight excluding hydrogens is 276 g/mol. The Morgan fingerprint density at radius 3 is 1.95 bits per heavy atom. The van der Waals surface area contributed by atoms with Gasteiger partial charge in [0.1, 0.15) is 0 Å². The number of benzene rings is 1. The Kier molecular flexibility index (Phi) is 3.94. The van der Waals surface area contributed by atoms with Crippen molar-refractivity contribution in [2.75, 3.05) is 26.2 Å². The number of hydrogen-bond acceptors (Lipinski definition) is 2. The van der Waals surface area contributed by atoms with Gasteiger partial charge in [0.2, 0.25) is 5.91 Å². The second kappa shape index (κ2) is 5.75. The molecule has 1 aliphatic carbocycles.